The molecule has 0 bridgehead atoms. The zero-order valence-corrected chi connectivity index (χ0v) is 11.5. The predicted octanol–water partition coefficient (Wildman–Crippen LogP) is 2.98. The van der Waals surface area contributed by atoms with Crippen molar-refractivity contribution in [1.29, 1.82) is 0 Å². The molecule has 0 aliphatic carbocycles. The molecule has 1 N–H and O–H groups in total. The van der Waals surface area contributed by atoms with Gasteiger partial charge in [0.05, 0.1) is 7.11 Å². The Balaban J connectivity index is 1.82. The summed E-state index contributed by atoms with van der Waals surface area (Å²) in [4.78, 5) is 4.12. The van der Waals surface area contributed by atoms with Crippen LogP contribution in [0, 0.1) is 0 Å². The largest absolute Gasteiger partial charge is 0.497 e. The van der Waals surface area contributed by atoms with Crippen LogP contribution in [0.3, 0.4) is 0 Å². The van der Waals surface area contributed by atoms with E-state index in [0.29, 0.717) is 6.04 Å². The zero-order valence-electron chi connectivity index (χ0n) is 11.5. The third-order valence-corrected chi connectivity index (χ3v) is 3.20. The summed E-state index contributed by atoms with van der Waals surface area (Å²) in [7, 11) is 1.69. The Morgan fingerprint density at radius 3 is 2.63 bits per heavy atom. The molecular formula is C16H20N2O. The first-order chi connectivity index (χ1) is 9.29. The third kappa shape index (κ3) is 4.07. The summed E-state index contributed by atoms with van der Waals surface area (Å²) >= 11 is 0. The number of benzene rings is 1. The van der Waals surface area contributed by atoms with Crippen LogP contribution in [0.4, 0.5) is 0 Å². The molecule has 0 amide bonds. The molecule has 1 aromatic heterocycles. The van der Waals surface area contributed by atoms with Crippen molar-refractivity contribution in [2.45, 2.75) is 19.4 Å². The first kappa shape index (κ1) is 13.6. The minimum absolute atomic E-state index is 0.336. The van der Waals surface area contributed by atoms with E-state index in [1.54, 1.807) is 13.3 Å². The molecule has 0 unspecified atom stereocenters. The summed E-state index contributed by atoms with van der Waals surface area (Å²) in [6.45, 7) is 3.12. The van der Waals surface area contributed by atoms with Gasteiger partial charge >= 0.3 is 0 Å². The van der Waals surface area contributed by atoms with Gasteiger partial charge in [0.2, 0.25) is 0 Å². The van der Waals surface area contributed by atoms with Crippen LogP contribution < -0.4 is 10.1 Å². The maximum absolute atomic E-state index is 5.16. The minimum Gasteiger partial charge on any atom is -0.497 e. The maximum atomic E-state index is 5.16. The van der Waals surface area contributed by atoms with Crippen molar-refractivity contribution in [3.05, 3.63) is 59.9 Å². The van der Waals surface area contributed by atoms with Crippen molar-refractivity contribution >= 4 is 0 Å². The standard InChI is InChI=1S/C16H20N2O/c1-13(15-5-7-16(19-2)8-6-15)18-11-9-14-4-3-10-17-12-14/h3-8,10,12-13,18H,9,11H2,1-2H3/t13-/m1/s1. The molecule has 3 heteroatoms. The van der Waals surface area contributed by atoms with Gasteiger partial charge in [0, 0.05) is 18.4 Å². The number of hydrogen-bond donors (Lipinski definition) is 1. The molecule has 0 radical (unpaired) electrons. The van der Waals surface area contributed by atoms with Crippen molar-refractivity contribution in [2.24, 2.45) is 0 Å². The highest BCUT2D eigenvalue weighted by atomic mass is 16.5. The predicted molar refractivity (Wildman–Crippen MR) is 77.4 cm³/mol. The molecule has 0 spiro atoms. The topological polar surface area (TPSA) is 34.1 Å². The number of ether oxygens (including phenoxy) is 1. The minimum atomic E-state index is 0.336. The van der Waals surface area contributed by atoms with Gasteiger partial charge in [0.25, 0.3) is 0 Å². The van der Waals surface area contributed by atoms with Crippen molar-refractivity contribution in [3.63, 3.8) is 0 Å². The van der Waals surface area contributed by atoms with Crippen molar-refractivity contribution in [3.8, 4) is 5.75 Å². The van der Waals surface area contributed by atoms with E-state index >= 15 is 0 Å². The van der Waals surface area contributed by atoms with Gasteiger partial charge in [-0.25, -0.2) is 0 Å². The van der Waals surface area contributed by atoms with Crippen LogP contribution in [0.25, 0.3) is 0 Å². The molecule has 19 heavy (non-hydrogen) atoms. The second kappa shape index (κ2) is 6.90. The molecule has 1 aromatic carbocycles. The molecule has 1 heterocycles. The van der Waals surface area contributed by atoms with Gasteiger partial charge in [-0.3, -0.25) is 4.98 Å². The molecule has 0 saturated carbocycles. The van der Waals surface area contributed by atoms with E-state index in [0.717, 1.165) is 18.7 Å². The molecule has 0 aliphatic rings. The van der Waals surface area contributed by atoms with E-state index < -0.39 is 0 Å². The van der Waals surface area contributed by atoms with Crippen molar-refractivity contribution < 1.29 is 4.74 Å². The average molecular weight is 256 g/mol. The first-order valence-electron chi connectivity index (χ1n) is 6.56. The van der Waals surface area contributed by atoms with E-state index in [4.69, 9.17) is 4.74 Å². The summed E-state index contributed by atoms with van der Waals surface area (Å²) in [5.41, 5.74) is 2.53. The highest BCUT2D eigenvalue weighted by Crippen LogP contribution is 2.17. The van der Waals surface area contributed by atoms with Crippen LogP contribution in [0.15, 0.2) is 48.8 Å². The molecule has 0 saturated heterocycles. The lowest BCUT2D eigenvalue weighted by Crippen LogP contribution is -2.21. The fourth-order valence-electron chi connectivity index (χ4n) is 1.99. The van der Waals surface area contributed by atoms with Crippen molar-refractivity contribution in [1.82, 2.24) is 10.3 Å². The monoisotopic (exact) mass is 256 g/mol. The second-order valence-electron chi connectivity index (χ2n) is 4.56. The van der Waals surface area contributed by atoms with Gasteiger partial charge in [0.1, 0.15) is 5.75 Å². The van der Waals surface area contributed by atoms with Crippen LogP contribution in [0.5, 0.6) is 5.75 Å². The van der Waals surface area contributed by atoms with Gasteiger partial charge in [-0.2, -0.15) is 0 Å². The van der Waals surface area contributed by atoms with Crippen LogP contribution >= 0.6 is 0 Å². The second-order valence-corrected chi connectivity index (χ2v) is 4.56. The van der Waals surface area contributed by atoms with Crippen LogP contribution in [-0.2, 0) is 6.42 Å². The van der Waals surface area contributed by atoms with E-state index in [2.05, 4.69) is 35.4 Å². The summed E-state index contributed by atoms with van der Waals surface area (Å²) in [6, 6.07) is 12.6. The van der Waals surface area contributed by atoms with Gasteiger partial charge in [0.15, 0.2) is 0 Å². The number of nitrogens with zero attached hydrogens (tertiary/aromatic N) is 1. The summed E-state index contributed by atoms with van der Waals surface area (Å²) < 4.78 is 5.16. The van der Waals surface area contributed by atoms with E-state index in [1.807, 2.05) is 24.4 Å². The Morgan fingerprint density at radius 1 is 1.21 bits per heavy atom. The van der Waals surface area contributed by atoms with Gasteiger partial charge in [-0.15, -0.1) is 0 Å². The highest BCUT2D eigenvalue weighted by Gasteiger charge is 2.04. The molecule has 3 nitrogen and oxygen atoms in total. The molecule has 0 aliphatic heterocycles. The summed E-state index contributed by atoms with van der Waals surface area (Å²) in [5, 5.41) is 3.52. The molecular weight excluding hydrogens is 236 g/mol. The lowest BCUT2D eigenvalue weighted by atomic mass is 10.1. The van der Waals surface area contributed by atoms with Gasteiger partial charge < -0.3 is 10.1 Å². The van der Waals surface area contributed by atoms with Crippen LogP contribution in [0.2, 0.25) is 0 Å². The smallest absolute Gasteiger partial charge is 0.118 e. The quantitative estimate of drug-likeness (QED) is 0.862. The highest BCUT2D eigenvalue weighted by molar-refractivity contribution is 5.28. The zero-order chi connectivity index (χ0) is 13.5. The fraction of sp³-hybridized carbons (Fsp3) is 0.312. The van der Waals surface area contributed by atoms with Crippen LogP contribution in [0.1, 0.15) is 24.1 Å². The molecule has 2 rings (SSSR count). The number of nitrogens with one attached hydrogen (secondary N) is 1. The number of rotatable bonds is 6. The number of pyridine rings is 1. The Labute approximate surface area is 114 Å². The first-order valence-corrected chi connectivity index (χ1v) is 6.56. The number of aromatic nitrogens is 1. The maximum Gasteiger partial charge on any atom is 0.118 e. The molecule has 0 fully saturated rings. The van der Waals surface area contributed by atoms with E-state index in [1.165, 1.54) is 11.1 Å². The number of hydrogen-bond acceptors (Lipinski definition) is 3. The fourth-order valence-corrected chi connectivity index (χ4v) is 1.99. The number of methoxy groups -OCH3 is 1. The van der Waals surface area contributed by atoms with E-state index in [-0.39, 0.29) is 0 Å². The summed E-state index contributed by atoms with van der Waals surface area (Å²) in [6.07, 6.45) is 4.71. The SMILES string of the molecule is COc1ccc([C@@H](C)NCCc2cccnc2)cc1. The third-order valence-electron chi connectivity index (χ3n) is 3.20. The average Bonchev–Trinajstić information content (AvgIpc) is 2.48. The van der Waals surface area contributed by atoms with Gasteiger partial charge in [-0.1, -0.05) is 18.2 Å². The lowest BCUT2D eigenvalue weighted by Gasteiger charge is -2.14. The molecule has 2 aromatic rings. The Morgan fingerprint density at radius 2 is 2.00 bits per heavy atom. The van der Waals surface area contributed by atoms with Crippen LogP contribution in [-0.4, -0.2) is 18.6 Å². The molecule has 1 atom stereocenters. The summed E-state index contributed by atoms with van der Waals surface area (Å²) in [5.74, 6) is 0.895. The van der Waals surface area contributed by atoms with E-state index in [9.17, 15) is 0 Å². The molecule has 100 valence electrons. The van der Waals surface area contributed by atoms with Gasteiger partial charge in [-0.05, 0) is 49.2 Å². The Kier molecular flexibility index (Phi) is 4.93. The van der Waals surface area contributed by atoms with Crippen molar-refractivity contribution in [2.75, 3.05) is 13.7 Å². The normalized spacial score (nSPS) is 12.1. The Hall–Kier alpha value is -1.87. The lowest BCUT2D eigenvalue weighted by molar-refractivity contribution is 0.414. The Bertz CT molecular complexity index is 482.